The molecule has 1 aliphatic rings. The molecular weight excluding hydrogens is 433 g/mol. The smallest absolute Gasteiger partial charge is 0.416 e. The number of amides is 1. The van der Waals surface area contributed by atoms with E-state index in [9.17, 15) is 26.7 Å². The largest absolute Gasteiger partial charge is 0.492 e. The van der Waals surface area contributed by atoms with Crippen LogP contribution < -0.4 is 10.1 Å². The number of hydrogen-bond donors (Lipinski definition) is 1. The van der Waals surface area contributed by atoms with Crippen LogP contribution in [0.1, 0.15) is 40.7 Å². The van der Waals surface area contributed by atoms with Crippen molar-refractivity contribution in [2.45, 2.75) is 32.4 Å². The Morgan fingerprint density at radius 2 is 1.91 bits per heavy atom. The zero-order valence-corrected chi connectivity index (χ0v) is 16.9. The molecule has 168 valence electrons. The van der Waals surface area contributed by atoms with Gasteiger partial charge in [-0.25, -0.2) is 13.5 Å². The van der Waals surface area contributed by atoms with Gasteiger partial charge in [0.15, 0.2) is 17.3 Å². The second-order valence-corrected chi connectivity index (χ2v) is 7.23. The summed E-state index contributed by atoms with van der Waals surface area (Å²) in [5.74, 6) is -2.69. The van der Waals surface area contributed by atoms with Crippen molar-refractivity contribution in [3.05, 3.63) is 70.5 Å². The molecule has 0 bridgehead atoms. The minimum atomic E-state index is -4.60. The standard InChI is InChI=1S/C22H18F5N3O2/c1-2-32-19-9-6-12(22(25,26)27)10-17(19)28-21(31)20-14-4-3-5-18(14)30(29-20)13-7-8-15(23)16(24)11-13/h6-11H,2-5H2,1H3,(H,28,31). The maximum absolute atomic E-state index is 13.7. The number of nitrogens with zero attached hydrogens (tertiary/aromatic N) is 2. The summed E-state index contributed by atoms with van der Waals surface area (Å²) in [6, 6.07) is 6.09. The monoisotopic (exact) mass is 451 g/mol. The van der Waals surface area contributed by atoms with Crippen LogP contribution in [0, 0.1) is 11.6 Å². The minimum Gasteiger partial charge on any atom is -0.492 e. The molecule has 0 unspecified atom stereocenters. The van der Waals surface area contributed by atoms with Gasteiger partial charge in [-0.2, -0.15) is 18.3 Å². The van der Waals surface area contributed by atoms with Crippen molar-refractivity contribution < 1.29 is 31.5 Å². The molecule has 1 aliphatic carbocycles. The highest BCUT2D eigenvalue weighted by Crippen LogP contribution is 2.36. The molecular formula is C22H18F5N3O2. The van der Waals surface area contributed by atoms with E-state index >= 15 is 0 Å². The Balaban J connectivity index is 1.71. The second-order valence-electron chi connectivity index (χ2n) is 7.23. The SMILES string of the molecule is CCOc1ccc(C(F)(F)F)cc1NC(=O)c1nn(-c2ccc(F)c(F)c2)c2c1CCC2. The van der Waals surface area contributed by atoms with Crippen molar-refractivity contribution in [3.8, 4) is 11.4 Å². The number of carbonyl (C=O) groups excluding carboxylic acids is 1. The lowest BCUT2D eigenvalue weighted by atomic mass is 10.1. The van der Waals surface area contributed by atoms with Crippen LogP contribution in [0.5, 0.6) is 5.75 Å². The molecule has 0 radical (unpaired) electrons. The zero-order valence-electron chi connectivity index (χ0n) is 16.9. The van der Waals surface area contributed by atoms with Crippen molar-refractivity contribution in [1.29, 1.82) is 0 Å². The fourth-order valence-corrected chi connectivity index (χ4v) is 3.72. The third kappa shape index (κ3) is 4.04. The predicted octanol–water partition coefficient (Wildman–Crippen LogP) is 5.31. The lowest BCUT2D eigenvalue weighted by molar-refractivity contribution is -0.137. The summed E-state index contributed by atoms with van der Waals surface area (Å²) in [5, 5.41) is 6.73. The van der Waals surface area contributed by atoms with Gasteiger partial charge in [0.05, 0.1) is 23.5 Å². The number of carbonyl (C=O) groups is 1. The van der Waals surface area contributed by atoms with E-state index in [0.717, 1.165) is 36.8 Å². The first kappa shape index (κ1) is 21.8. The molecule has 0 spiro atoms. The molecule has 10 heteroatoms. The first-order valence-electron chi connectivity index (χ1n) is 9.90. The molecule has 0 saturated carbocycles. The van der Waals surface area contributed by atoms with Crippen molar-refractivity contribution >= 4 is 11.6 Å². The summed E-state index contributed by atoms with van der Waals surface area (Å²) in [6.45, 7) is 1.86. The van der Waals surface area contributed by atoms with E-state index in [2.05, 4.69) is 10.4 Å². The number of fused-ring (bicyclic) bond motifs is 1. The molecule has 1 aromatic heterocycles. The Hall–Kier alpha value is -3.43. The van der Waals surface area contributed by atoms with Crippen LogP contribution in [0.4, 0.5) is 27.6 Å². The highest BCUT2D eigenvalue weighted by molar-refractivity contribution is 6.05. The molecule has 0 saturated heterocycles. The Morgan fingerprint density at radius 3 is 2.59 bits per heavy atom. The molecule has 32 heavy (non-hydrogen) atoms. The minimum absolute atomic E-state index is 0.0158. The fraction of sp³-hybridized carbons (Fsp3) is 0.273. The van der Waals surface area contributed by atoms with Gasteiger partial charge in [0, 0.05) is 17.3 Å². The lowest BCUT2D eigenvalue weighted by Gasteiger charge is -2.14. The van der Waals surface area contributed by atoms with Crippen LogP contribution in [0.15, 0.2) is 36.4 Å². The molecule has 3 aromatic rings. The van der Waals surface area contributed by atoms with E-state index in [1.807, 2.05) is 0 Å². The van der Waals surface area contributed by atoms with E-state index in [-0.39, 0.29) is 29.4 Å². The van der Waals surface area contributed by atoms with Gasteiger partial charge in [0.25, 0.3) is 5.91 Å². The van der Waals surface area contributed by atoms with Crippen LogP contribution in [0.25, 0.3) is 5.69 Å². The molecule has 2 aromatic carbocycles. The van der Waals surface area contributed by atoms with Gasteiger partial charge in [-0.05, 0) is 56.5 Å². The summed E-state index contributed by atoms with van der Waals surface area (Å²) in [6.07, 6.45) is -2.77. The van der Waals surface area contributed by atoms with Crippen molar-refractivity contribution in [2.24, 2.45) is 0 Å². The van der Waals surface area contributed by atoms with Crippen molar-refractivity contribution in [3.63, 3.8) is 0 Å². The quantitative estimate of drug-likeness (QED) is 0.535. The number of alkyl halides is 3. The van der Waals surface area contributed by atoms with Gasteiger partial charge in [-0.3, -0.25) is 4.79 Å². The van der Waals surface area contributed by atoms with E-state index in [1.54, 1.807) is 6.92 Å². The molecule has 1 heterocycles. The highest BCUT2D eigenvalue weighted by Gasteiger charge is 2.32. The molecule has 5 nitrogen and oxygen atoms in total. The number of rotatable bonds is 5. The van der Waals surface area contributed by atoms with Gasteiger partial charge >= 0.3 is 6.18 Å². The molecule has 1 N–H and O–H groups in total. The summed E-state index contributed by atoms with van der Waals surface area (Å²) in [4.78, 5) is 13.0. The Labute approximate surface area is 179 Å². The fourth-order valence-electron chi connectivity index (χ4n) is 3.72. The molecule has 0 fully saturated rings. The van der Waals surface area contributed by atoms with Crippen LogP contribution >= 0.6 is 0 Å². The molecule has 0 aliphatic heterocycles. The number of nitrogens with one attached hydrogen (secondary N) is 1. The number of halogens is 5. The van der Waals surface area contributed by atoms with Gasteiger partial charge in [-0.1, -0.05) is 0 Å². The van der Waals surface area contributed by atoms with Gasteiger partial charge in [-0.15, -0.1) is 0 Å². The maximum Gasteiger partial charge on any atom is 0.416 e. The Morgan fingerprint density at radius 1 is 1.12 bits per heavy atom. The van der Waals surface area contributed by atoms with Crippen molar-refractivity contribution in [2.75, 3.05) is 11.9 Å². The topological polar surface area (TPSA) is 56.1 Å². The van der Waals surface area contributed by atoms with E-state index in [0.29, 0.717) is 24.1 Å². The highest BCUT2D eigenvalue weighted by atomic mass is 19.4. The normalized spacial score (nSPS) is 13.2. The lowest BCUT2D eigenvalue weighted by Crippen LogP contribution is -2.17. The number of ether oxygens (including phenoxy) is 1. The number of anilines is 1. The first-order chi connectivity index (χ1) is 15.2. The summed E-state index contributed by atoms with van der Waals surface area (Å²) in [7, 11) is 0. The summed E-state index contributed by atoms with van der Waals surface area (Å²) >= 11 is 0. The number of hydrogen-bond acceptors (Lipinski definition) is 3. The number of aromatic nitrogens is 2. The summed E-state index contributed by atoms with van der Waals surface area (Å²) in [5.41, 5.74) is 0.485. The average Bonchev–Trinajstić information content (AvgIpc) is 3.33. The van der Waals surface area contributed by atoms with Gasteiger partial charge in [0.1, 0.15) is 5.75 Å². The Bertz CT molecular complexity index is 1190. The zero-order chi connectivity index (χ0) is 23.0. The van der Waals surface area contributed by atoms with E-state index < -0.39 is 29.3 Å². The third-order valence-electron chi connectivity index (χ3n) is 5.15. The van der Waals surface area contributed by atoms with Crippen LogP contribution in [-0.4, -0.2) is 22.3 Å². The van der Waals surface area contributed by atoms with E-state index in [4.69, 9.17) is 4.74 Å². The second kappa shape index (κ2) is 8.25. The Kier molecular flexibility index (Phi) is 5.62. The number of benzene rings is 2. The summed E-state index contributed by atoms with van der Waals surface area (Å²) < 4.78 is 73.2. The molecule has 4 rings (SSSR count). The predicted molar refractivity (Wildman–Crippen MR) is 106 cm³/mol. The third-order valence-corrected chi connectivity index (χ3v) is 5.15. The van der Waals surface area contributed by atoms with Crippen molar-refractivity contribution in [1.82, 2.24) is 9.78 Å². The molecule has 0 atom stereocenters. The first-order valence-corrected chi connectivity index (χ1v) is 9.90. The van der Waals surface area contributed by atoms with Gasteiger partial charge in [0.2, 0.25) is 0 Å². The molecule has 1 amide bonds. The average molecular weight is 451 g/mol. The van der Waals surface area contributed by atoms with Crippen LogP contribution in [0.2, 0.25) is 0 Å². The van der Waals surface area contributed by atoms with Crippen LogP contribution in [-0.2, 0) is 19.0 Å². The van der Waals surface area contributed by atoms with Crippen LogP contribution in [0.3, 0.4) is 0 Å². The van der Waals surface area contributed by atoms with Gasteiger partial charge < -0.3 is 10.1 Å². The maximum atomic E-state index is 13.7. The van der Waals surface area contributed by atoms with E-state index in [1.165, 1.54) is 10.7 Å².